The van der Waals surface area contributed by atoms with E-state index >= 15 is 0 Å². The summed E-state index contributed by atoms with van der Waals surface area (Å²) in [7, 11) is -1.94. The highest BCUT2D eigenvalue weighted by Gasteiger charge is 2.30. The molecule has 0 fully saturated rings. The van der Waals surface area contributed by atoms with Gasteiger partial charge in [0.2, 0.25) is 0 Å². The van der Waals surface area contributed by atoms with Crippen molar-refractivity contribution in [2.24, 2.45) is 19.5 Å². The molecule has 0 amide bonds. The molecule has 0 aromatic rings. The van der Waals surface area contributed by atoms with Gasteiger partial charge in [0.15, 0.2) is 0 Å². The van der Waals surface area contributed by atoms with E-state index < -0.39 is 19.0 Å². The monoisotopic (exact) mass is 347 g/mol. The van der Waals surface area contributed by atoms with Gasteiger partial charge in [0.05, 0.1) is 7.21 Å². The van der Waals surface area contributed by atoms with Gasteiger partial charge in [-0.3, -0.25) is 0 Å². The van der Waals surface area contributed by atoms with Crippen LogP contribution >= 0.6 is 64.0 Å². The number of nitrogens with zero attached hydrogens (tertiary/aromatic N) is 3. The molecule has 1 unspecified atom stereocenters. The molecule has 15 heavy (non-hydrogen) atoms. The van der Waals surface area contributed by atoms with E-state index in [1.54, 1.807) is 0 Å². The fourth-order valence-corrected chi connectivity index (χ4v) is 19.5. The van der Waals surface area contributed by atoms with Gasteiger partial charge in [-0.15, -0.1) is 0 Å². The molecule has 0 radical (unpaired) electrons. The fraction of sp³-hybridized carbons (Fsp3) is 1.00. The summed E-state index contributed by atoms with van der Waals surface area (Å²) >= 11 is 24.0. The largest absolute Gasteiger partial charge is 0.255 e. The molecule has 0 N–H and O–H groups in total. The molecule has 0 aliphatic carbocycles. The second-order valence-corrected chi connectivity index (χ2v) is 17.1. The van der Waals surface area contributed by atoms with Crippen molar-refractivity contribution in [3.05, 3.63) is 0 Å². The van der Waals surface area contributed by atoms with E-state index in [4.69, 9.17) is 45.0 Å². The van der Waals surface area contributed by atoms with Crippen LogP contribution < -0.4 is 0 Å². The Bertz CT molecular complexity index is 410. The van der Waals surface area contributed by atoms with Gasteiger partial charge in [0.1, 0.15) is 0 Å². The third kappa shape index (κ3) is 4.92. The van der Waals surface area contributed by atoms with E-state index in [-0.39, 0.29) is 0 Å². The maximum Gasteiger partial charge on any atom is 0.255 e. The summed E-state index contributed by atoms with van der Waals surface area (Å²) in [6, 6.07) is 0. The van der Waals surface area contributed by atoms with Crippen LogP contribution in [0.3, 0.4) is 0 Å². The molecular weight excluding hydrogens is 337 g/mol. The zero-order valence-corrected chi connectivity index (χ0v) is 14.2. The van der Waals surface area contributed by atoms with Crippen molar-refractivity contribution in [3.63, 3.8) is 0 Å². The molecule has 0 aromatic carbocycles. The fourth-order valence-electron chi connectivity index (χ4n) is 1.41. The van der Waals surface area contributed by atoms with Crippen LogP contribution in [0.2, 0.25) is 0 Å². The summed E-state index contributed by atoms with van der Waals surface area (Å²) in [6.07, 6.45) is 0.824. The standard InChI is InChI=1S/C5H12Cl4N3P3/c1-5(2)4-13(3)10-14(6,7)12-15(8,9)11-13/h5H,4H2,1-3H3. The van der Waals surface area contributed by atoms with Crippen molar-refractivity contribution in [2.45, 2.75) is 13.8 Å². The van der Waals surface area contributed by atoms with E-state index in [0.717, 1.165) is 6.16 Å². The van der Waals surface area contributed by atoms with Crippen molar-refractivity contribution in [1.82, 2.24) is 0 Å². The summed E-state index contributed by atoms with van der Waals surface area (Å²) in [5.41, 5.74) is 0. The number of rotatable bonds is 2. The summed E-state index contributed by atoms with van der Waals surface area (Å²) in [5, 5.41) is 0. The molecule has 90 valence electrons. The minimum Gasteiger partial charge on any atom is -0.213 e. The smallest absolute Gasteiger partial charge is 0.213 e. The van der Waals surface area contributed by atoms with Crippen molar-refractivity contribution in [2.75, 3.05) is 12.8 Å². The van der Waals surface area contributed by atoms with Crippen LogP contribution in [0.1, 0.15) is 13.8 Å². The Morgan fingerprint density at radius 1 is 0.933 bits per heavy atom. The lowest BCUT2D eigenvalue weighted by atomic mass is 10.3. The Labute approximate surface area is 110 Å². The molecule has 0 aromatic heterocycles. The minimum atomic E-state index is -2.70. The normalized spacial score (nSPS) is 32.8. The SMILES string of the molecule is CC(C)CP1(C)=NP(Cl)(Cl)=NP(Cl)(Cl)=N1. The number of hydrogen-bond acceptors (Lipinski definition) is 3. The molecule has 0 saturated heterocycles. The van der Waals surface area contributed by atoms with Gasteiger partial charge in [-0.25, -0.2) is 9.03 Å². The Morgan fingerprint density at radius 3 is 1.80 bits per heavy atom. The van der Waals surface area contributed by atoms with E-state index in [1.165, 1.54) is 0 Å². The number of hydrogen-bond donors (Lipinski definition) is 0. The summed E-state index contributed by atoms with van der Waals surface area (Å²) in [6.45, 7) is 6.13. The lowest BCUT2D eigenvalue weighted by Crippen LogP contribution is -1.95. The van der Waals surface area contributed by atoms with Gasteiger partial charge in [0.25, 0.3) is 11.8 Å². The molecule has 0 bridgehead atoms. The minimum absolute atomic E-state index is 0.454. The van der Waals surface area contributed by atoms with Crippen LogP contribution in [0.4, 0.5) is 0 Å². The Kier molecular flexibility index (Phi) is 4.82. The van der Waals surface area contributed by atoms with Crippen LogP contribution in [0, 0.1) is 5.92 Å². The average Bonchev–Trinajstić information content (AvgIpc) is 1.70. The van der Waals surface area contributed by atoms with Gasteiger partial charge in [-0.05, 0) is 57.5 Å². The van der Waals surface area contributed by atoms with Gasteiger partial charge in [-0.2, -0.15) is 4.52 Å². The molecule has 3 nitrogen and oxygen atoms in total. The molecule has 0 spiro atoms. The number of halogens is 4. The van der Waals surface area contributed by atoms with Crippen LogP contribution in [0.25, 0.3) is 0 Å². The second kappa shape index (κ2) is 4.85. The second-order valence-electron chi connectivity index (χ2n) is 3.84. The lowest BCUT2D eigenvalue weighted by Gasteiger charge is -2.24. The molecule has 10 heteroatoms. The first-order valence-corrected chi connectivity index (χ1v) is 13.5. The molecule has 1 atom stereocenters. The quantitative estimate of drug-likeness (QED) is 0.471. The predicted molar refractivity (Wildman–Crippen MR) is 77.1 cm³/mol. The van der Waals surface area contributed by atoms with Gasteiger partial charge in [0, 0.05) is 6.16 Å². The van der Waals surface area contributed by atoms with Crippen molar-refractivity contribution in [1.29, 1.82) is 0 Å². The van der Waals surface area contributed by atoms with Gasteiger partial charge < -0.3 is 0 Å². The van der Waals surface area contributed by atoms with E-state index in [0.29, 0.717) is 5.92 Å². The summed E-state index contributed by atoms with van der Waals surface area (Å²) in [5.74, 6) is -4.95. The maximum absolute atomic E-state index is 5.99. The lowest BCUT2D eigenvalue weighted by molar-refractivity contribution is 0.743. The predicted octanol–water partition coefficient (Wildman–Crippen LogP) is 7.25. The van der Waals surface area contributed by atoms with Crippen molar-refractivity contribution in [3.8, 4) is 0 Å². The van der Waals surface area contributed by atoms with Gasteiger partial charge >= 0.3 is 0 Å². The Morgan fingerprint density at radius 2 is 1.40 bits per heavy atom. The topological polar surface area (TPSA) is 37.1 Å². The Balaban J connectivity index is 3.30. The summed E-state index contributed by atoms with van der Waals surface area (Å²) < 4.78 is 12.6. The third-order valence-corrected chi connectivity index (χ3v) is 14.3. The maximum atomic E-state index is 5.99. The molecule has 1 heterocycles. The molecule has 0 saturated carbocycles. The highest BCUT2D eigenvalue weighted by molar-refractivity contribution is 8.21. The van der Waals surface area contributed by atoms with Crippen LogP contribution in [-0.2, 0) is 0 Å². The zero-order chi connectivity index (χ0) is 11.9. The van der Waals surface area contributed by atoms with Crippen molar-refractivity contribution < 1.29 is 0 Å². The zero-order valence-electron chi connectivity index (χ0n) is 8.48. The first-order valence-electron chi connectivity index (χ1n) is 4.20. The first-order chi connectivity index (χ1) is 6.54. The summed E-state index contributed by atoms with van der Waals surface area (Å²) in [4.78, 5) is 0. The van der Waals surface area contributed by atoms with Crippen LogP contribution in [-0.4, -0.2) is 12.8 Å². The molecular formula is C5H12Cl4N3P3. The highest BCUT2D eigenvalue weighted by Crippen LogP contribution is 2.84. The van der Waals surface area contributed by atoms with Crippen LogP contribution in [0.5, 0.6) is 0 Å². The van der Waals surface area contributed by atoms with E-state index in [2.05, 4.69) is 27.4 Å². The Hall–Kier alpha value is 1.85. The van der Waals surface area contributed by atoms with Crippen molar-refractivity contribution >= 4 is 64.0 Å². The molecule has 1 rings (SSSR count). The third-order valence-electron chi connectivity index (χ3n) is 1.53. The van der Waals surface area contributed by atoms with E-state index in [1.807, 2.05) is 6.66 Å². The molecule has 1 aliphatic heterocycles. The first kappa shape index (κ1) is 14.9. The highest BCUT2D eigenvalue weighted by atomic mass is 35.9. The van der Waals surface area contributed by atoms with Gasteiger partial charge in [-0.1, -0.05) is 13.8 Å². The average molecular weight is 349 g/mol. The van der Waals surface area contributed by atoms with Crippen LogP contribution in [0.15, 0.2) is 13.5 Å². The van der Waals surface area contributed by atoms with E-state index in [9.17, 15) is 0 Å². The molecule has 1 aliphatic rings.